The molecule has 1 unspecified atom stereocenters. The molecule has 1 aromatic carbocycles. The summed E-state index contributed by atoms with van der Waals surface area (Å²) in [5.41, 5.74) is 0.783. The molecular weight excluding hydrogens is 283 g/mol. The van der Waals surface area contributed by atoms with Gasteiger partial charge in [-0.25, -0.2) is 4.39 Å². The maximum atomic E-state index is 12.9. The van der Waals surface area contributed by atoms with Gasteiger partial charge in [0.15, 0.2) is 5.78 Å². The van der Waals surface area contributed by atoms with Crippen molar-refractivity contribution < 1.29 is 9.18 Å². The molecule has 0 heterocycles. The number of benzene rings is 1. The minimum Gasteiger partial charge on any atom is -0.293 e. The van der Waals surface area contributed by atoms with Crippen LogP contribution in [-0.2, 0) is 10.2 Å². The second kappa shape index (κ2) is 4.22. The molecule has 1 atom stereocenters. The van der Waals surface area contributed by atoms with Gasteiger partial charge in [-0.2, -0.15) is 0 Å². The Kier molecular flexibility index (Phi) is 3.04. The topological polar surface area (TPSA) is 17.1 Å². The van der Waals surface area contributed by atoms with E-state index >= 15 is 0 Å². The minimum atomic E-state index is -0.717. The number of hydrogen-bond acceptors (Lipinski definition) is 1. The van der Waals surface area contributed by atoms with Crippen molar-refractivity contribution in [1.82, 2.24) is 0 Å². The predicted octanol–water partition coefficient (Wildman–Crippen LogP) is 3.89. The number of allylic oxidation sites excluding steroid dienone is 4. The molecule has 1 aliphatic rings. The summed E-state index contributed by atoms with van der Waals surface area (Å²) in [6, 6.07) is 6.07. The molecule has 0 saturated carbocycles. The molecule has 0 bridgehead atoms. The Bertz CT molecular complexity index is 528. The lowest BCUT2D eigenvalue weighted by atomic mass is 9.74. The Morgan fingerprint density at radius 2 is 1.82 bits per heavy atom. The van der Waals surface area contributed by atoms with E-state index in [1.165, 1.54) is 12.1 Å². The van der Waals surface area contributed by atoms with Crippen LogP contribution < -0.4 is 0 Å². The smallest absolute Gasteiger partial charge is 0.172 e. The Hall–Kier alpha value is -1.22. The summed E-state index contributed by atoms with van der Waals surface area (Å²) < 4.78 is 13.8. The molecule has 0 spiro atoms. The van der Waals surface area contributed by atoms with Crippen LogP contribution in [0.1, 0.15) is 19.4 Å². The molecule has 2 rings (SSSR count). The zero-order valence-electron chi connectivity index (χ0n) is 9.63. The lowest BCUT2D eigenvalue weighted by molar-refractivity contribution is -0.118. The van der Waals surface area contributed by atoms with E-state index in [4.69, 9.17) is 0 Å². The Labute approximate surface area is 108 Å². The zero-order valence-corrected chi connectivity index (χ0v) is 11.2. The molecule has 0 radical (unpaired) electrons. The lowest BCUT2D eigenvalue weighted by Crippen LogP contribution is -2.33. The first kappa shape index (κ1) is 12.2. The molecule has 1 aliphatic carbocycles. The summed E-state index contributed by atoms with van der Waals surface area (Å²) in [5, 5.41) is 0. The summed E-state index contributed by atoms with van der Waals surface area (Å²) in [6.45, 7) is 3.64. The second-order valence-electron chi connectivity index (χ2n) is 4.39. The number of ketones is 1. The normalized spacial score (nSPS) is 24.4. The monoisotopic (exact) mass is 294 g/mol. The maximum Gasteiger partial charge on any atom is 0.172 e. The molecule has 1 aromatic rings. The third-order valence-electron chi connectivity index (χ3n) is 3.05. The van der Waals surface area contributed by atoms with Gasteiger partial charge >= 0.3 is 0 Å². The van der Waals surface area contributed by atoms with Crippen LogP contribution in [0.3, 0.4) is 0 Å². The summed E-state index contributed by atoms with van der Waals surface area (Å²) in [5.74, 6) is -0.247. The van der Waals surface area contributed by atoms with Crippen molar-refractivity contribution in [1.29, 1.82) is 0 Å². The fourth-order valence-electron chi connectivity index (χ4n) is 2.08. The Balaban J connectivity index is 2.53. The molecule has 1 nitrogen and oxygen atoms in total. The van der Waals surface area contributed by atoms with Crippen molar-refractivity contribution in [2.75, 3.05) is 0 Å². The van der Waals surface area contributed by atoms with Crippen LogP contribution in [-0.4, -0.2) is 5.78 Å². The lowest BCUT2D eigenvalue weighted by Gasteiger charge is -2.28. The molecule has 3 heteroatoms. The van der Waals surface area contributed by atoms with E-state index in [0.29, 0.717) is 5.57 Å². The number of carbonyl (C=O) groups is 1. The Morgan fingerprint density at radius 1 is 1.24 bits per heavy atom. The van der Waals surface area contributed by atoms with E-state index in [1.54, 1.807) is 25.1 Å². The largest absolute Gasteiger partial charge is 0.293 e. The highest BCUT2D eigenvalue weighted by Crippen LogP contribution is 2.35. The van der Waals surface area contributed by atoms with E-state index in [0.717, 1.165) is 10.0 Å². The molecule has 0 aliphatic heterocycles. The molecular formula is C14H12BrFO. The average molecular weight is 295 g/mol. The van der Waals surface area contributed by atoms with Gasteiger partial charge in [0, 0.05) is 4.48 Å². The van der Waals surface area contributed by atoms with Gasteiger partial charge in [0.1, 0.15) is 5.82 Å². The van der Waals surface area contributed by atoms with Gasteiger partial charge in [0.05, 0.1) is 5.41 Å². The van der Waals surface area contributed by atoms with Crippen molar-refractivity contribution in [3.8, 4) is 0 Å². The SMILES string of the molecule is CC1=CC(Br)=CC(C)(c2ccc(F)cc2)C1=O. The molecule has 0 saturated heterocycles. The van der Waals surface area contributed by atoms with Crippen molar-refractivity contribution >= 4 is 21.7 Å². The van der Waals surface area contributed by atoms with E-state index in [-0.39, 0.29) is 11.6 Å². The summed E-state index contributed by atoms with van der Waals surface area (Å²) in [4.78, 5) is 12.3. The van der Waals surface area contributed by atoms with Crippen molar-refractivity contribution in [3.63, 3.8) is 0 Å². The van der Waals surface area contributed by atoms with Crippen LogP contribution in [0.2, 0.25) is 0 Å². The average Bonchev–Trinajstić information content (AvgIpc) is 2.26. The molecule has 0 amide bonds. The van der Waals surface area contributed by atoms with Crippen LogP contribution >= 0.6 is 15.9 Å². The molecule has 0 aromatic heterocycles. The summed E-state index contributed by atoms with van der Waals surface area (Å²) >= 11 is 3.40. The van der Waals surface area contributed by atoms with Crippen LogP contribution in [0.4, 0.5) is 4.39 Å². The highest BCUT2D eigenvalue weighted by atomic mass is 79.9. The number of Topliss-reactive ketones (excluding diaryl/α,β-unsaturated/α-hetero) is 1. The third kappa shape index (κ3) is 2.12. The van der Waals surface area contributed by atoms with E-state index in [9.17, 15) is 9.18 Å². The first-order valence-electron chi connectivity index (χ1n) is 5.31. The van der Waals surface area contributed by atoms with Gasteiger partial charge in [-0.3, -0.25) is 4.79 Å². The van der Waals surface area contributed by atoms with Crippen molar-refractivity contribution in [3.05, 3.63) is 57.9 Å². The zero-order chi connectivity index (χ0) is 12.6. The molecule has 17 heavy (non-hydrogen) atoms. The highest BCUT2D eigenvalue weighted by Gasteiger charge is 2.36. The second-order valence-corrected chi connectivity index (χ2v) is 5.31. The Morgan fingerprint density at radius 3 is 2.41 bits per heavy atom. The molecule has 88 valence electrons. The summed E-state index contributed by atoms with van der Waals surface area (Å²) in [7, 11) is 0. The molecule has 0 N–H and O–H groups in total. The molecule has 0 fully saturated rings. The van der Waals surface area contributed by atoms with Gasteiger partial charge in [-0.05, 0) is 43.2 Å². The predicted molar refractivity (Wildman–Crippen MR) is 69.5 cm³/mol. The first-order valence-corrected chi connectivity index (χ1v) is 6.10. The van der Waals surface area contributed by atoms with Crippen molar-refractivity contribution in [2.24, 2.45) is 0 Å². The van der Waals surface area contributed by atoms with E-state index < -0.39 is 5.41 Å². The minimum absolute atomic E-state index is 0.0484. The number of hydrogen-bond donors (Lipinski definition) is 0. The van der Waals surface area contributed by atoms with Crippen LogP contribution in [0, 0.1) is 5.82 Å². The van der Waals surface area contributed by atoms with E-state index in [2.05, 4.69) is 15.9 Å². The fraction of sp³-hybridized carbons (Fsp3) is 0.214. The van der Waals surface area contributed by atoms with Crippen LogP contribution in [0.5, 0.6) is 0 Å². The quantitative estimate of drug-likeness (QED) is 0.768. The number of halogens is 2. The highest BCUT2D eigenvalue weighted by molar-refractivity contribution is 9.11. The summed E-state index contributed by atoms with van der Waals surface area (Å²) in [6.07, 6.45) is 3.66. The van der Waals surface area contributed by atoms with Gasteiger partial charge < -0.3 is 0 Å². The van der Waals surface area contributed by atoms with Gasteiger partial charge in [-0.15, -0.1) is 0 Å². The first-order chi connectivity index (χ1) is 7.93. The van der Waals surface area contributed by atoms with E-state index in [1.807, 2.05) is 13.0 Å². The number of rotatable bonds is 1. The maximum absolute atomic E-state index is 12.9. The van der Waals surface area contributed by atoms with Crippen LogP contribution in [0.15, 0.2) is 46.5 Å². The fourth-order valence-corrected chi connectivity index (χ4v) is 2.88. The third-order valence-corrected chi connectivity index (χ3v) is 3.51. The van der Waals surface area contributed by atoms with Gasteiger partial charge in [-0.1, -0.05) is 34.1 Å². The van der Waals surface area contributed by atoms with Gasteiger partial charge in [0.25, 0.3) is 0 Å². The standard InChI is InChI=1S/C14H12BrFO/c1-9-7-11(15)8-14(2,13(9)17)10-3-5-12(16)6-4-10/h3-8H,1-2H3. The number of carbonyl (C=O) groups excluding carboxylic acids is 1. The van der Waals surface area contributed by atoms with Crippen LogP contribution in [0.25, 0.3) is 0 Å². The van der Waals surface area contributed by atoms with Crippen molar-refractivity contribution in [2.45, 2.75) is 19.3 Å². The van der Waals surface area contributed by atoms with Gasteiger partial charge in [0.2, 0.25) is 0 Å².